The highest BCUT2D eigenvalue weighted by Gasteiger charge is 2.58. The van der Waals surface area contributed by atoms with Gasteiger partial charge >= 0.3 is 24.3 Å². The molecule has 0 saturated carbocycles. The van der Waals surface area contributed by atoms with E-state index < -0.39 is 66.3 Å². The average Bonchev–Trinajstić information content (AvgIpc) is 3.44. The van der Waals surface area contributed by atoms with Crippen LogP contribution in [0.3, 0.4) is 0 Å². The Hall–Kier alpha value is -4.69. The lowest BCUT2D eigenvalue weighted by atomic mass is 9.94. The minimum atomic E-state index is -4.82. The van der Waals surface area contributed by atoms with Gasteiger partial charge in [0.15, 0.2) is 0 Å². The van der Waals surface area contributed by atoms with Gasteiger partial charge in [0.25, 0.3) is 5.91 Å². The Morgan fingerprint density at radius 1 is 1.09 bits per heavy atom. The zero-order chi connectivity index (χ0) is 34.7. The summed E-state index contributed by atoms with van der Waals surface area (Å²) in [6.45, 7) is 4.72. The van der Waals surface area contributed by atoms with Gasteiger partial charge in [0.2, 0.25) is 11.5 Å². The molecule has 254 valence electrons. The number of anilines is 1. The summed E-state index contributed by atoms with van der Waals surface area (Å²) >= 11 is 0. The number of rotatable bonds is 10. The first kappa shape index (κ1) is 35.2. The second-order valence-corrected chi connectivity index (χ2v) is 12.4. The highest BCUT2D eigenvalue weighted by Crippen LogP contribution is 2.46. The maximum absolute atomic E-state index is 13.7. The number of amides is 5. The van der Waals surface area contributed by atoms with E-state index >= 15 is 0 Å². The Bertz CT molecular complexity index is 1540. The topological polar surface area (TPSA) is 134 Å². The van der Waals surface area contributed by atoms with Crippen molar-refractivity contribution < 1.29 is 51.0 Å². The lowest BCUT2D eigenvalue weighted by molar-refractivity contribution is -0.187. The highest BCUT2D eigenvalue weighted by molar-refractivity contribution is 6.06. The van der Waals surface area contributed by atoms with Crippen LogP contribution >= 0.6 is 0 Å². The molecule has 2 aromatic carbocycles. The van der Waals surface area contributed by atoms with Gasteiger partial charge in [-0.25, -0.2) is 18.9 Å². The number of imide groups is 1. The van der Waals surface area contributed by atoms with E-state index in [9.17, 15) is 41.5 Å². The third kappa shape index (κ3) is 8.37. The normalized spacial score (nSPS) is 18.1. The fraction of sp³-hybridized carbons (Fsp3) is 0.469. The summed E-state index contributed by atoms with van der Waals surface area (Å²) in [5.74, 6) is -3.03. The summed E-state index contributed by atoms with van der Waals surface area (Å²) in [5.41, 5.74) is -0.856. The van der Waals surface area contributed by atoms with Crippen LogP contribution in [-0.4, -0.2) is 70.6 Å². The van der Waals surface area contributed by atoms with E-state index in [0.717, 1.165) is 19.1 Å². The summed E-state index contributed by atoms with van der Waals surface area (Å²) in [5, 5.41) is 5.29. The van der Waals surface area contributed by atoms with E-state index in [0.29, 0.717) is 33.0 Å². The number of aryl methyl sites for hydroxylation is 1. The second kappa shape index (κ2) is 13.6. The zero-order valence-electron chi connectivity index (χ0n) is 26.3. The van der Waals surface area contributed by atoms with Gasteiger partial charge in [-0.05, 0) is 75.9 Å². The summed E-state index contributed by atoms with van der Waals surface area (Å²) in [4.78, 5) is 64.8. The number of hydrogen-bond donors (Lipinski definition) is 2. The van der Waals surface area contributed by atoms with Crippen LogP contribution in [0, 0.1) is 5.82 Å². The molecule has 1 heterocycles. The third-order valence-electron chi connectivity index (χ3n) is 7.70. The first-order valence-corrected chi connectivity index (χ1v) is 15.0. The number of nitrogens with zero attached hydrogens (tertiary/aromatic N) is 2. The number of ether oxygens (including phenoxy) is 2. The quantitative estimate of drug-likeness (QED) is 0.203. The molecular weight excluding hydrogens is 628 g/mol. The van der Waals surface area contributed by atoms with E-state index in [-0.39, 0.29) is 37.3 Å². The molecule has 1 fully saturated rings. The van der Waals surface area contributed by atoms with Crippen LogP contribution in [0.15, 0.2) is 42.5 Å². The molecule has 4 rings (SSSR count). The van der Waals surface area contributed by atoms with Crippen LogP contribution in [0.4, 0.5) is 32.8 Å². The first-order valence-electron chi connectivity index (χ1n) is 15.0. The number of esters is 1. The van der Waals surface area contributed by atoms with E-state index in [1.165, 1.54) is 24.3 Å². The standard InChI is InChI=1S/C32H36F4N4O7/c1-19(32(34,35)36)39(17-20-7-9-22(33)10-8-20)25(41)18-40-27(43)31(47-29(40)45)14-13-21-16-23(11-12-24(21)31)38-28(44)37-15-5-6-26(42)46-30(2,3)4/h7-12,16,19H,5-6,13-15,17-18H2,1-4H3,(H2,37,38,44)/t19-,31+/m0/s1. The van der Waals surface area contributed by atoms with E-state index in [4.69, 9.17) is 9.47 Å². The van der Waals surface area contributed by atoms with Crippen LogP contribution in [0.2, 0.25) is 0 Å². The predicted octanol–water partition coefficient (Wildman–Crippen LogP) is 5.17. The molecule has 1 aliphatic carbocycles. The number of nitrogens with one attached hydrogen (secondary N) is 2. The molecule has 2 aromatic rings. The molecular formula is C32H36F4N4O7. The van der Waals surface area contributed by atoms with Gasteiger partial charge in [-0.2, -0.15) is 13.2 Å². The number of fused-ring (bicyclic) bond motifs is 2. The Kier molecular flexibility index (Phi) is 10.2. The molecule has 1 spiro atoms. The van der Waals surface area contributed by atoms with Gasteiger partial charge in [0, 0.05) is 37.2 Å². The number of urea groups is 1. The molecule has 47 heavy (non-hydrogen) atoms. The Labute approximate surface area is 268 Å². The Balaban J connectivity index is 1.40. The van der Waals surface area contributed by atoms with Crippen molar-refractivity contribution >= 4 is 35.6 Å². The predicted molar refractivity (Wildman–Crippen MR) is 159 cm³/mol. The van der Waals surface area contributed by atoms with Crippen LogP contribution in [-0.2, 0) is 42.4 Å². The first-order chi connectivity index (χ1) is 21.9. The van der Waals surface area contributed by atoms with Gasteiger partial charge in [0.1, 0.15) is 24.0 Å². The maximum atomic E-state index is 13.7. The number of alkyl halides is 3. The van der Waals surface area contributed by atoms with E-state index in [1.807, 2.05) is 0 Å². The minimum Gasteiger partial charge on any atom is -0.460 e. The lowest BCUT2D eigenvalue weighted by Crippen LogP contribution is -2.51. The summed E-state index contributed by atoms with van der Waals surface area (Å²) in [6.07, 6.45) is -5.21. The Morgan fingerprint density at radius 3 is 2.40 bits per heavy atom. The summed E-state index contributed by atoms with van der Waals surface area (Å²) < 4.78 is 65.1. The van der Waals surface area contributed by atoms with Crippen molar-refractivity contribution in [3.05, 3.63) is 65.0 Å². The molecule has 0 aromatic heterocycles. The average molecular weight is 665 g/mol. The molecule has 2 N–H and O–H groups in total. The number of hydrogen-bond acceptors (Lipinski definition) is 7. The van der Waals surface area contributed by atoms with Gasteiger partial charge in [-0.15, -0.1) is 0 Å². The summed E-state index contributed by atoms with van der Waals surface area (Å²) in [7, 11) is 0. The number of carbonyl (C=O) groups excluding carboxylic acids is 5. The minimum absolute atomic E-state index is 0.0240. The molecule has 1 aliphatic heterocycles. The zero-order valence-corrected chi connectivity index (χ0v) is 26.3. The second-order valence-electron chi connectivity index (χ2n) is 12.4. The molecule has 0 unspecified atom stereocenters. The smallest absolute Gasteiger partial charge is 0.418 e. The van der Waals surface area contributed by atoms with Crippen LogP contribution in [0.1, 0.15) is 63.6 Å². The third-order valence-corrected chi connectivity index (χ3v) is 7.70. The fourth-order valence-corrected chi connectivity index (χ4v) is 5.36. The number of benzene rings is 2. The lowest BCUT2D eigenvalue weighted by Gasteiger charge is -2.31. The van der Waals surface area contributed by atoms with Crippen molar-refractivity contribution in [3.63, 3.8) is 0 Å². The molecule has 15 heteroatoms. The van der Waals surface area contributed by atoms with Crippen LogP contribution in [0.5, 0.6) is 0 Å². The molecule has 11 nitrogen and oxygen atoms in total. The fourth-order valence-electron chi connectivity index (χ4n) is 5.36. The van der Waals surface area contributed by atoms with Crippen molar-refractivity contribution in [2.45, 2.75) is 83.3 Å². The van der Waals surface area contributed by atoms with E-state index in [2.05, 4.69) is 10.6 Å². The van der Waals surface area contributed by atoms with Gasteiger partial charge in [-0.1, -0.05) is 18.2 Å². The largest absolute Gasteiger partial charge is 0.460 e. The van der Waals surface area contributed by atoms with Crippen molar-refractivity contribution in [1.82, 2.24) is 15.1 Å². The molecule has 2 aliphatic rings. The SMILES string of the molecule is C[C@H](N(Cc1ccc(F)cc1)C(=O)CN1C(=O)O[C@@]2(CCc3cc(NC(=O)NCCCC(=O)OC(C)(C)C)ccc32)C1=O)C(F)(F)F. The molecule has 5 amide bonds. The van der Waals surface area contributed by atoms with Crippen LogP contribution in [0.25, 0.3) is 0 Å². The molecule has 0 radical (unpaired) electrons. The van der Waals surface area contributed by atoms with Gasteiger partial charge in [0.05, 0.1) is 0 Å². The maximum Gasteiger partial charge on any atom is 0.418 e. The van der Waals surface area contributed by atoms with E-state index in [1.54, 1.807) is 26.8 Å². The van der Waals surface area contributed by atoms with Crippen molar-refractivity contribution in [2.24, 2.45) is 0 Å². The van der Waals surface area contributed by atoms with Crippen molar-refractivity contribution in [3.8, 4) is 0 Å². The van der Waals surface area contributed by atoms with Crippen LogP contribution < -0.4 is 10.6 Å². The number of carbonyl (C=O) groups is 5. The highest BCUT2D eigenvalue weighted by atomic mass is 19.4. The van der Waals surface area contributed by atoms with Crippen molar-refractivity contribution in [1.29, 1.82) is 0 Å². The Morgan fingerprint density at radius 2 is 1.77 bits per heavy atom. The summed E-state index contributed by atoms with van der Waals surface area (Å²) in [6, 6.07) is 6.35. The monoisotopic (exact) mass is 664 g/mol. The molecule has 1 saturated heterocycles. The van der Waals surface area contributed by atoms with Crippen molar-refractivity contribution in [2.75, 3.05) is 18.4 Å². The van der Waals surface area contributed by atoms with Gasteiger partial charge < -0.3 is 25.0 Å². The molecule has 0 bridgehead atoms. The molecule has 2 atom stereocenters. The number of halogens is 4. The van der Waals surface area contributed by atoms with Gasteiger partial charge in [-0.3, -0.25) is 14.4 Å².